The van der Waals surface area contributed by atoms with Crippen LogP contribution in [-0.2, 0) is 0 Å². The molecule has 0 bridgehead atoms. The van der Waals surface area contributed by atoms with E-state index in [-0.39, 0.29) is 17.5 Å². The summed E-state index contributed by atoms with van der Waals surface area (Å²) in [5, 5.41) is 5.74. The molecule has 0 radical (unpaired) electrons. The molecular formula is C20H16FN3O2. The first kappa shape index (κ1) is 17.3. The normalized spacial score (nSPS) is 10.2. The van der Waals surface area contributed by atoms with Gasteiger partial charge >= 0.3 is 0 Å². The predicted octanol–water partition coefficient (Wildman–Crippen LogP) is 4.42. The van der Waals surface area contributed by atoms with Crippen LogP contribution in [0.3, 0.4) is 0 Å². The van der Waals surface area contributed by atoms with E-state index in [9.17, 15) is 14.0 Å². The minimum Gasteiger partial charge on any atom is -0.354 e. The lowest BCUT2D eigenvalue weighted by molar-refractivity contribution is 0.101. The molecular weight excluding hydrogens is 333 g/mol. The van der Waals surface area contributed by atoms with Crippen LogP contribution in [-0.4, -0.2) is 16.7 Å². The van der Waals surface area contributed by atoms with Gasteiger partial charge in [-0.25, -0.2) is 4.39 Å². The SMILES string of the molecule is CC(=O)c1cccc(NC(=O)c2cncc(Nc3cccc(F)c3)c2)c1. The number of pyridine rings is 1. The molecule has 0 spiro atoms. The van der Waals surface area contributed by atoms with Crippen molar-refractivity contribution in [2.45, 2.75) is 6.92 Å². The molecule has 5 nitrogen and oxygen atoms in total. The molecule has 6 heteroatoms. The number of amides is 1. The highest BCUT2D eigenvalue weighted by Crippen LogP contribution is 2.18. The third-order valence-electron chi connectivity index (χ3n) is 3.64. The van der Waals surface area contributed by atoms with Gasteiger partial charge in [0.15, 0.2) is 5.78 Å². The van der Waals surface area contributed by atoms with Crippen molar-refractivity contribution in [3.05, 3.63) is 83.9 Å². The molecule has 2 N–H and O–H groups in total. The molecule has 0 unspecified atom stereocenters. The molecule has 2 aromatic carbocycles. The lowest BCUT2D eigenvalue weighted by Crippen LogP contribution is -2.13. The quantitative estimate of drug-likeness (QED) is 0.669. The van der Waals surface area contributed by atoms with Gasteiger partial charge in [0.1, 0.15) is 5.82 Å². The average molecular weight is 349 g/mol. The summed E-state index contributed by atoms with van der Waals surface area (Å²) in [4.78, 5) is 27.9. The van der Waals surface area contributed by atoms with Crippen LogP contribution in [0.15, 0.2) is 67.0 Å². The number of nitrogens with one attached hydrogen (secondary N) is 2. The number of rotatable bonds is 5. The van der Waals surface area contributed by atoms with E-state index in [4.69, 9.17) is 0 Å². The number of ketones is 1. The first-order valence-electron chi connectivity index (χ1n) is 7.91. The molecule has 3 rings (SSSR count). The molecule has 0 aliphatic heterocycles. The summed E-state index contributed by atoms with van der Waals surface area (Å²) in [5.41, 5.74) is 2.48. The Hall–Kier alpha value is -3.54. The van der Waals surface area contributed by atoms with Gasteiger partial charge in [0.05, 0.1) is 17.4 Å². The molecule has 0 aliphatic rings. The Morgan fingerprint density at radius 3 is 2.38 bits per heavy atom. The summed E-state index contributed by atoms with van der Waals surface area (Å²) in [6, 6.07) is 14.3. The fourth-order valence-electron chi connectivity index (χ4n) is 2.38. The van der Waals surface area contributed by atoms with Gasteiger partial charge in [-0.2, -0.15) is 0 Å². The highest BCUT2D eigenvalue weighted by molar-refractivity contribution is 6.05. The third-order valence-corrected chi connectivity index (χ3v) is 3.64. The molecule has 130 valence electrons. The Morgan fingerprint density at radius 1 is 0.885 bits per heavy atom. The third kappa shape index (κ3) is 4.30. The number of Topliss-reactive ketones (excluding diaryl/α,β-unsaturated/α-hetero) is 1. The van der Waals surface area contributed by atoms with E-state index in [2.05, 4.69) is 15.6 Å². The Labute approximate surface area is 149 Å². The summed E-state index contributed by atoms with van der Waals surface area (Å²) in [5.74, 6) is -0.799. The second-order valence-corrected chi connectivity index (χ2v) is 5.69. The monoisotopic (exact) mass is 349 g/mol. The lowest BCUT2D eigenvalue weighted by Gasteiger charge is -2.09. The molecule has 0 fully saturated rings. The van der Waals surface area contributed by atoms with Gasteiger partial charge in [-0.15, -0.1) is 0 Å². The topological polar surface area (TPSA) is 71.1 Å². The van der Waals surface area contributed by atoms with Crippen LogP contribution in [0.4, 0.5) is 21.5 Å². The second-order valence-electron chi connectivity index (χ2n) is 5.69. The number of carbonyl (C=O) groups is 2. The van der Waals surface area contributed by atoms with E-state index in [1.807, 2.05) is 0 Å². The van der Waals surface area contributed by atoms with Crippen molar-refractivity contribution in [2.24, 2.45) is 0 Å². The molecule has 1 amide bonds. The number of carbonyl (C=O) groups excluding carboxylic acids is 2. The van der Waals surface area contributed by atoms with Gasteiger partial charge in [-0.05, 0) is 43.3 Å². The van der Waals surface area contributed by atoms with Crippen LogP contribution < -0.4 is 10.6 Å². The molecule has 0 saturated carbocycles. The number of aromatic nitrogens is 1. The largest absolute Gasteiger partial charge is 0.354 e. The maximum atomic E-state index is 13.3. The molecule has 26 heavy (non-hydrogen) atoms. The molecule has 0 aliphatic carbocycles. The smallest absolute Gasteiger partial charge is 0.257 e. The highest BCUT2D eigenvalue weighted by atomic mass is 19.1. The summed E-state index contributed by atoms with van der Waals surface area (Å²) >= 11 is 0. The number of halogens is 1. The van der Waals surface area contributed by atoms with Crippen LogP contribution in [0.5, 0.6) is 0 Å². The Bertz CT molecular complexity index is 973. The predicted molar refractivity (Wildman–Crippen MR) is 98.3 cm³/mol. The van der Waals surface area contributed by atoms with Gasteiger partial charge in [0, 0.05) is 23.1 Å². The minimum atomic E-state index is -0.360. The van der Waals surface area contributed by atoms with Crippen molar-refractivity contribution < 1.29 is 14.0 Å². The maximum absolute atomic E-state index is 13.3. The fourth-order valence-corrected chi connectivity index (χ4v) is 2.38. The number of hydrogen-bond acceptors (Lipinski definition) is 4. The Balaban J connectivity index is 1.76. The van der Waals surface area contributed by atoms with Crippen LogP contribution in [0.2, 0.25) is 0 Å². The van der Waals surface area contributed by atoms with Crippen molar-refractivity contribution in [1.82, 2.24) is 4.98 Å². The second kappa shape index (κ2) is 7.57. The average Bonchev–Trinajstić information content (AvgIpc) is 2.62. The van der Waals surface area contributed by atoms with Crippen molar-refractivity contribution >= 4 is 28.8 Å². The molecule has 1 heterocycles. The van der Waals surface area contributed by atoms with Crippen molar-refractivity contribution in [1.29, 1.82) is 0 Å². The van der Waals surface area contributed by atoms with Crippen LogP contribution in [0.1, 0.15) is 27.6 Å². The minimum absolute atomic E-state index is 0.0796. The number of nitrogens with zero attached hydrogens (tertiary/aromatic N) is 1. The fraction of sp³-hybridized carbons (Fsp3) is 0.0500. The highest BCUT2D eigenvalue weighted by Gasteiger charge is 2.09. The Morgan fingerprint density at radius 2 is 1.62 bits per heavy atom. The van der Waals surface area contributed by atoms with Gasteiger partial charge in [-0.1, -0.05) is 18.2 Å². The van der Waals surface area contributed by atoms with Crippen LogP contribution in [0, 0.1) is 5.82 Å². The number of hydrogen-bond donors (Lipinski definition) is 2. The maximum Gasteiger partial charge on any atom is 0.257 e. The van der Waals surface area contributed by atoms with E-state index >= 15 is 0 Å². The van der Waals surface area contributed by atoms with Gasteiger partial charge in [0.25, 0.3) is 5.91 Å². The molecule has 1 aromatic heterocycles. The number of benzene rings is 2. The number of anilines is 3. The van der Waals surface area contributed by atoms with E-state index in [0.29, 0.717) is 28.2 Å². The van der Waals surface area contributed by atoms with Crippen LogP contribution in [0.25, 0.3) is 0 Å². The Kier molecular flexibility index (Phi) is 5.03. The van der Waals surface area contributed by atoms with E-state index in [1.54, 1.807) is 42.5 Å². The molecule has 0 atom stereocenters. The lowest BCUT2D eigenvalue weighted by atomic mass is 10.1. The van der Waals surface area contributed by atoms with E-state index in [1.165, 1.54) is 31.5 Å². The summed E-state index contributed by atoms with van der Waals surface area (Å²) in [7, 11) is 0. The first-order valence-corrected chi connectivity index (χ1v) is 7.91. The van der Waals surface area contributed by atoms with Gasteiger partial charge in [0.2, 0.25) is 0 Å². The summed E-state index contributed by atoms with van der Waals surface area (Å²) in [6.45, 7) is 1.46. The summed E-state index contributed by atoms with van der Waals surface area (Å²) in [6.07, 6.45) is 2.97. The zero-order valence-corrected chi connectivity index (χ0v) is 14.0. The van der Waals surface area contributed by atoms with Crippen molar-refractivity contribution in [3.8, 4) is 0 Å². The summed E-state index contributed by atoms with van der Waals surface area (Å²) < 4.78 is 13.3. The van der Waals surface area contributed by atoms with E-state index < -0.39 is 0 Å². The first-order chi connectivity index (χ1) is 12.5. The standard InChI is InChI=1S/C20H16FN3O2/c1-13(25)14-4-2-6-17(8-14)24-20(26)15-9-19(12-22-11-15)23-18-7-3-5-16(21)10-18/h2-12,23H,1H3,(H,24,26). The molecule has 3 aromatic rings. The zero-order valence-electron chi connectivity index (χ0n) is 14.0. The molecule has 0 saturated heterocycles. The van der Waals surface area contributed by atoms with Gasteiger partial charge < -0.3 is 10.6 Å². The van der Waals surface area contributed by atoms with Crippen molar-refractivity contribution in [3.63, 3.8) is 0 Å². The van der Waals surface area contributed by atoms with Crippen molar-refractivity contribution in [2.75, 3.05) is 10.6 Å². The zero-order chi connectivity index (χ0) is 18.5. The van der Waals surface area contributed by atoms with Gasteiger partial charge in [-0.3, -0.25) is 14.6 Å². The van der Waals surface area contributed by atoms with E-state index in [0.717, 1.165) is 0 Å². The van der Waals surface area contributed by atoms with Crippen LogP contribution >= 0.6 is 0 Å².